The van der Waals surface area contributed by atoms with Crippen molar-refractivity contribution < 1.29 is 9.53 Å². The van der Waals surface area contributed by atoms with Crippen molar-refractivity contribution in [3.8, 4) is 11.6 Å². The zero-order valence-electron chi connectivity index (χ0n) is 10.4. The average Bonchev–Trinajstić information content (AvgIpc) is 2.43. The van der Waals surface area contributed by atoms with Gasteiger partial charge in [-0.25, -0.2) is 4.98 Å². The first-order valence-corrected chi connectivity index (χ1v) is 7.32. The molecule has 0 radical (unpaired) electrons. The van der Waals surface area contributed by atoms with E-state index in [0.29, 0.717) is 5.88 Å². The van der Waals surface area contributed by atoms with Crippen LogP contribution in [0.15, 0.2) is 36.5 Å². The zero-order chi connectivity index (χ0) is 13.4. The van der Waals surface area contributed by atoms with Crippen LogP contribution in [0.3, 0.4) is 0 Å². The summed E-state index contributed by atoms with van der Waals surface area (Å²) in [6.07, 6.45) is 2.48. The van der Waals surface area contributed by atoms with Gasteiger partial charge < -0.3 is 4.74 Å². The first-order valence-electron chi connectivity index (χ1n) is 6.08. The quantitative estimate of drug-likeness (QED) is 0.394. The second-order valence-electron chi connectivity index (χ2n) is 4.55. The molecule has 1 aromatic carbocycles. The Labute approximate surface area is 125 Å². The first kappa shape index (κ1) is 12.6. The Morgan fingerprint density at radius 2 is 2.21 bits per heavy atom. The summed E-state index contributed by atoms with van der Waals surface area (Å²) in [5, 5.41) is 0. The normalized spacial score (nSPS) is 14.0. The lowest BCUT2D eigenvalue weighted by Crippen LogP contribution is -2.11. The van der Waals surface area contributed by atoms with E-state index in [9.17, 15) is 4.79 Å². The zero-order valence-corrected chi connectivity index (χ0v) is 12.5. The van der Waals surface area contributed by atoms with E-state index < -0.39 is 0 Å². The maximum absolute atomic E-state index is 12.0. The van der Waals surface area contributed by atoms with E-state index >= 15 is 0 Å². The Morgan fingerprint density at radius 3 is 3.00 bits per heavy atom. The minimum atomic E-state index is -0.0193. The van der Waals surface area contributed by atoms with Gasteiger partial charge in [0.1, 0.15) is 5.75 Å². The number of nitrogens with zero attached hydrogens (tertiary/aromatic N) is 1. The number of hydrogen-bond acceptors (Lipinski definition) is 3. The third-order valence-corrected chi connectivity index (χ3v) is 3.71. The van der Waals surface area contributed by atoms with Crippen LogP contribution in [0.1, 0.15) is 28.4 Å². The molecule has 1 unspecified atom stereocenters. The lowest BCUT2D eigenvalue weighted by Gasteiger charge is -2.19. The summed E-state index contributed by atoms with van der Waals surface area (Å²) in [4.78, 5) is 16.2. The second-order valence-corrected chi connectivity index (χ2v) is 6.42. The van der Waals surface area contributed by atoms with Crippen molar-refractivity contribution in [1.29, 1.82) is 0 Å². The van der Waals surface area contributed by atoms with Gasteiger partial charge in [-0.15, -0.1) is 0 Å². The van der Waals surface area contributed by atoms with E-state index in [1.165, 1.54) is 0 Å². The molecule has 0 aliphatic carbocycles. The maximum atomic E-state index is 12.0. The molecule has 19 heavy (non-hydrogen) atoms. The molecule has 1 aromatic heterocycles. The smallest absolute Gasteiger partial charge is 0.222 e. The van der Waals surface area contributed by atoms with Gasteiger partial charge in [0, 0.05) is 29.3 Å². The van der Waals surface area contributed by atoms with Gasteiger partial charge in [-0.3, -0.25) is 4.79 Å². The predicted octanol–water partition coefficient (Wildman–Crippen LogP) is 3.78. The summed E-state index contributed by atoms with van der Waals surface area (Å²) >= 11 is 2.14. The standard InChI is InChI=1S/C15H12INO2/c1-9(16)14(18)10-4-5-13-12(7-10)8-11-3-2-6-17-15(11)19-13/h2-7,9H,8H2,1H3. The van der Waals surface area contributed by atoms with Gasteiger partial charge in [0.2, 0.25) is 5.88 Å². The molecule has 2 aromatic rings. The van der Waals surface area contributed by atoms with Crippen molar-refractivity contribution in [2.75, 3.05) is 0 Å². The molecule has 0 saturated carbocycles. The molecule has 3 rings (SSSR count). The van der Waals surface area contributed by atoms with E-state index in [1.54, 1.807) is 6.20 Å². The topological polar surface area (TPSA) is 39.2 Å². The van der Waals surface area contributed by atoms with Gasteiger partial charge in [0.15, 0.2) is 5.78 Å². The largest absolute Gasteiger partial charge is 0.438 e. The van der Waals surface area contributed by atoms with Crippen molar-refractivity contribution in [3.63, 3.8) is 0 Å². The highest BCUT2D eigenvalue weighted by atomic mass is 127. The van der Waals surface area contributed by atoms with Gasteiger partial charge in [0.25, 0.3) is 0 Å². The number of hydrogen-bond donors (Lipinski definition) is 0. The molecule has 1 aliphatic heterocycles. The third-order valence-electron chi connectivity index (χ3n) is 3.14. The number of alkyl halides is 1. The molecule has 2 heterocycles. The Hall–Kier alpha value is -1.43. The van der Waals surface area contributed by atoms with E-state index in [0.717, 1.165) is 28.9 Å². The number of pyridine rings is 1. The van der Waals surface area contributed by atoms with Crippen LogP contribution in [0.25, 0.3) is 0 Å². The molecule has 0 amide bonds. The highest BCUT2D eigenvalue weighted by Crippen LogP contribution is 2.35. The Kier molecular flexibility index (Phi) is 3.26. The summed E-state index contributed by atoms with van der Waals surface area (Å²) in [7, 11) is 0. The maximum Gasteiger partial charge on any atom is 0.222 e. The summed E-state index contributed by atoms with van der Waals surface area (Å²) in [5.74, 6) is 1.61. The number of aromatic nitrogens is 1. The van der Waals surface area contributed by atoms with Gasteiger partial charge in [-0.1, -0.05) is 28.7 Å². The van der Waals surface area contributed by atoms with Crippen molar-refractivity contribution in [1.82, 2.24) is 4.98 Å². The summed E-state index contributed by atoms with van der Waals surface area (Å²) in [6.45, 7) is 1.90. The minimum absolute atomic E-state index is 0.0193. The van der Waals surface area contributed by atoms with Crippen LogP contribution in [0.5, 0.6) is 11.6 Å². The molecule has 0 fully saturated rings. The fourth-order valence-corrected chi connectivity index (χ4v) is 2.52. The number of carbonyl (C=O) groups excluding carboxylic acids is 1. The van der Waals surface area contributed by atoms with E-state index in [2.05, 4.69) is 27.6 Å². The molecular formula is C15H12INO2. The third kappa shape index (κ3) is 2.36. The van der Waals surface area contributed by atoms with Crippen LogP contribution in [-0.4, -0.2) is 14.7 Å². The lowest BCUT2D eigenvalue weighted by atomic mass is 9.98. The number of halogens is 1. The molecule has 96 valence electrons. The number of carbonyl (C=O) groups is 1. The number of ether oxygens (including phenoxy) is 1. The molecule has 1 atom stereocenters. The van der Waals surface area contributed by atoms with Crippen LogP contribution in [0.2, 0.25) is 0 Å². The van der Waals surface area contributed by atoms with Crippen LogP contribution < -0.4 is 4.74 Å². The molecular weight excluding hydrogens is 353 g/mol. The monoisotopic (exact) mass is 365 g/mol. The summed E-state index contributed by atoms with van der Waals surface area (Å²) in [6, 6.07) is 9.52. The van der Waals surface area contributed by atoms with Crippen molar-refractivity contribution in [2.45, 2.75) is 17.3 Å². The molecule has 3 nitrogen and oxygen atoms in total. The predicted molar refractivity (Wildman–Crippen MR) is 81.4 cm³/mol. The van der Waals surface area contributed by atoms with Gasteiger partial charge >= 0.3 is 0 Å². The molecule has 0 saturated heterocycles. The van der Waals surface area contributed by atoms with Crippen LogP contribution in [0, 0.1) is 0 Å². The average molecular weight is 365 g/mol. The van der Waals surface area contributed by atoms with E-state index in [1.807, 2.05) is 37.3 Å². The number of fused-ring (bicyclic) bond motifs is 2. The van der Waals surface area contributed by atoms with Gasteiger partial charge in [-0.2, -0.15) is 0 Å². The van der Waals surface area contributed by atoms with E-state index in [4.69, 9.17) is 4.74 Å². The fourth-order valence-electron chi connectivity index (χ4n) is 2.16. The fraction of sp³-hybridized carbons (Fsp3) is 0.200. The SMILES string of the molecule is CC(I)C(=O)c1ccc2c(c1)Cc1cccnc1O2. The van der Waals surface area contributed by atoms with Crippen molar-refractivity contribution in [2.24, 2.45) is 0 Å². The summed E-state index contributed by atoms with van der Waals surface area (Å²) < 4.78 is 5.73. The number of rotatable bonds is 2. The molecule has 1 aliphatic rings. The Balaban J connectivity index is 1.98. The van der Waals surface area contributed by atoms with Crippen molar-refractivity contribution in [3.05, 3.63) is 53.2 Å². The van der Waals surface area contributed by atoms with E-state index in [-0.39, 0.29) is 9.71 Å². The molecule has 0 spiro atoms. The van der Waals surface area contributed by atoms with Gasteiger partial charge in [-0.05, 0) is 31.2 Å². The second kappa shape index (κ2) is 4.92. The van der Waals surface area contributed by atoms with Gasteiger partial charge in [0.05, 0.1) is 3.92 Å². The molecule has 4 heteroatoms. The Bertz CT molecular complexity index is 652. The Morgan fingerprint density at radius 1 is 1.37 bits per heavy atom. The van der Waals surface area contributed by atoms with Crippen LogP contribution in [-0.2, 0) is 6.42 Å². The summed E-state index contributed by atoms with van der Waals surface area (Å²) in [5.41, 5.74) is 2.85. The lowest BCUT2D eigenvalue weighted by molar-refractivity contribution is 0.0998. The van der Waals surface area contributed by atoms with Crippen LogP contribution in [0.4, 0.5) is 0 Å². The minimum Gasteiger partial charge on any atom is -0.438 e. The first-order chi connectivity index (χ1) is 9.15. The number of Topliss-reactive ketones (excluding diaryl/α,β-unsaturated/α-hetero) is 1. The number of benzene rings is 1. The molecule has 0 bridgehead atoms. The van der Waals surface area contributed by atoms with Crippen LogP contribution >= 0.6 is 22.6 Å². The highest BCUT2D eigenvalue weighted by molar-refractivity contribution is 14.1. The van der Waals surface area contributed by atoms with Crippen molar-refractivity contribution >= 4 is 28.4 Å². The highest BCUT2D eigenvalue weighted by Gasteiger charge is 2.20. The number of ketones is 1. The molecule has 0 N–H and O–H groups in total.